The van der Waals surface area contributed by atoms with Crippen molar-refractivity contribution in [2.45, 2.75) is 45.7 Å². The van der Waals surface area contributed by atoms with Gasteiger partial charge in [-0.2, -0.15) is 0 Å². The summed E-state index contributed by atoms with van der Waals surface area (Å²) in [4.78, 5) is 26.1. The second-order valence-corrected chi connectivity index (χ2v) is 6.23. The summed E-state index contributed by atoms with van der Waals surface area (Å²) in [5, 5.41) is 3.01. The lowest BCUT2D eigenvalue weighted by atomic mass is 10.00. The normalized spacial score (nSPS) is 17.6. The number of nitrogens with one attached hydrogen (secondary N) is 1. The second kappa shape index (κ2) is 6.96. The number of furan rings is 1. The molecule has 1 aromatic heterocycles. The molecule has 22 heavy (non-hydrogen) atoms. The first-order valence-corrected chi connectivity index (χ1v) is 7.79. The number of amides is 2. The summed E-state index contributed by atoms with van der Waals surface area (Å²) >= 11 is 0. The van der Waals surface area contributed by atoms with Crippen LogP contribution in [-0.2, 0) is 4.79 Å². The third kappa shape index (κ3) is 3.68. The van der Waals surface area contributed by atoms with Crippen molar-refractivity contribution in [2.24, 2.45) is 11.7 Å². The molecule has 1 atom stereocenters. The average Bonchev–Trinajstić information content (AvgIpc) is 2.92. The first kappa shape index (κ1) is 16.5. The number of rotatable bonds is 4. The highest BCUT2D eigenvalue weighted by atomic mass is 16.3. The summed E-state index contributed by atoms with van der Waals surface area (Å²) in [6.07, 6.45) is 3.01. The molecule has 2 heterocycles. The zero-order valence-corrected chi connectivity index (χ0v) is 13.5. The molecule has 3 N–H and O–H groups in total. The van der Waals surface area contributed by atoms with Gasteiger partial charge in [-0.05, 0) is 31.7 Å². The Morgan fingerprint density at radius 3 is 2.50 bits per heavy atom. The topological polar surface area (TPSA) is 88.6 Å². The largest absolute Gasteiger partial charge is 0.469 e. The van der Waals surface area contributed by atoms with E-state index in [1.165, 1.54) is 6.26 Å². The van der Waals surface area contributed by atoms with Crippen molar-refractivity contribution in [3.8, 4) is 0 Å². The number of piperidine rings is 1. The molecule has 0 radical (unpaired) electrons. The van der Waals surface area contributed by atoms with Crippen LogP contribution in [0.3, 0.4) is 0 Å². The van der Waals surface area contributed by atoms with Gasteiger partial charge in [-0.3, -0.25) is 9.59 Å². The molecule has 1 fully saturated rings. The highest BCUT2D eigenvalue weighted by Gasteiger charge is 2.28. The van der Waals surface area contributed by atoms with E-state index in [0.29, 0.717) is 24.4 Å². The molecule has 0 bridgehead atoms. The second-order valence-electron chi connectivity index (χ2n) is 6.23. The molecule has 1 aromatic rings. The molecule has 2 rings (SSSR count). The van der Waals surface area contributed by atoms with Crippen molar-refractivity contribution in [1.29, 1.82) is 0 Å². The number of nitrogens with two attached hydrogens (primary N) is 1. The van der Waals surface area contributed by atoms with Crippen LogP contribution >= 0.6 is 0 Å². The van der Waals surface area contributed by atoms with Gasteiger partial charge in [0.15, 0.2) is 0 Å². The number of hydrogen-bond donors (Lipinski definition) is 2. The minimum atomic E-state index is -0.445. The predicted octanol–water partition coefficient (Wildman–Crippen LogP) is 1.29. The Hall–Kier alpha value is -1.82. The van der Waals surface area contributed by atoms with Crippen LogP contribution in [-0.4, -0.2) is 41.9 Å². The van der Waals surface area contributed by atoms with Crippen molar-refractivity contribution in [2.75, 3.05) is 13.1 Å². The molecule has 2 amide bonds. The fraction of sp³-hybridized carbons (Fsp3) is 0.625. The van der Waals surface area contributed by atoms with Gasteiger partial charge in [0.1, 0.15) is 5.76 Å². The Balaban J connectivity index is 1.84. The van der Waals surface area contributed by atoms with Crippen molar-refractivity contribution >= 4 is 11.8 Å². The zero-order chi connectivity index (χ0) is 16.3. The molecule has 0 spiro atoms. The quantitative estimate of drug-likeness (QED) is 0.877. The van der Waals surface area contributed by atoms with E-state index in [9.17, 15) is 9.59 Å². The van der Waals surface area contributed by atoms with Crippen LogP contribution in [0.15, 0.2) is 16.7 Å². The van der Waals surface area contributed by atoms with Crippen LogP contribution in [0.25, 0.3) is 0 Å². The van der Waals surface area contributed by atoms with Crippen molar-refractivity contribution in [3.63, 3.8) is 0 Å². The maximum absolute atomic E-state index is 12.2. The molecule has 0 aliphatic carbocycles. The van der Waals surface area contributed by atoms with Gasteiger partial charge >= 0.3 is 0 Å². The van der Waals surface area contributed by atoms with Gasteiger partial charge in [-0.15, -0.1) is 0 Å². The van der Waals surface area contributed by atoms with Crippen molar-refractivity contribution < 1.29 is 14.0 Å². The van der Waals surface area contributed by atoms with E-state index in [1.807, 2.05) is 13.8 Å². The van der Waals surface area contributed by atoms with Gasteiger partial charge in [-0.1, -0.05) is 13.8 Å². The van der Waals surface area contributed by atoms with E-state index < -0.39 is 6.04 Å². The lowest BCUT2D eigenvalue weighted by Gasteiger charge is -2.34. The molecule has 1 aliphatic heterocycles. The van der Waals surface area contributed by atoms with E-state index in [0.717, 1.165) is 12.8 Å². The minimum Gasteiger partial charge on any atom is -0.469 e. The fourth-order valence-corrected chi connectivity index (χ4v) is 2.62. The first-order chi connectivity index (χ1) is 10.4. The lowest BCUT2D eigenvalue weighted by molar-refractivity contribution is -0.134. The Bertz CT molecular complexity index is 530. The molecule has 6 nitrogen and oxygen atoms in total. The lowest BCUT2D eigenvalue weighted by Crippen LogP contribution is -2.52. The number of carbonyl (C=O) groups excluding carboxylic acids is 2. The zero-order valence-electron chi connectivity index (χ0n) is 13.5. The maximum atomic E-state index is 12.2. The van der Waals surface area contributed by atoms with Crippen LogP contribution in [0, 0.1) is 12.8 Å². The van der Waals surface area contributed by atoms with Gasteiger partial charge in [0.25, 0.3) is 5.91 Å². The summed E-state index contributed by atoms with van der Waals surface area (Å²) in [7, 11) is 0. The van der Waals surface area contributed by atoms with Crippen molar-refractivity contribution in [3.05, 3.63) is 23.7 Å². The predicted molar refractivity (Wildman–Crippen MR) is 83.3 cm³/mol. The molecule has 122 valence electrons. The van der Waals surface area contributed by atoms with E-state index in [4.69, 9.17) is 10.2 Å². The van der Waals surface area contributed by atoms with Gasteiger partial charge in [-0.25, -0.2) is 0 Å². The summed E-state index contributed by atoms with van der Waals surface area (Å²) in [6, 6.07) is 1.31. The number of aryl methyl sites for hydroxylation is 1. The van der Waals surface area contributed by atoms with Crippen LogP contribution in [0.5, 0.6) is 0 Å². The summed E-state index contributed by atoms with van der Waals surface area (Å²) in [5.74, 6) is 0.641. The molecule has 6 heteroatoms. The molecule has 1 saturated heterocycles. The molecule has 0 unspecified atom stereocenters. The van der Waals surface area contributed by atoms with Crippen molar-refractivity contribution in [1.82, 2.24) is 10.2 Å². The van der Waals surface area contributed by atoms with Crippen LogP contribution in [0.4, 0.5) is 0 Å². The molecule has 1 aliphatic rings. The monoisotopic (exact) mass is 307 g/mol. The van der Waals surface area contributed by atoms with E-state index in [2.05, 4.69) is 5.32 Å². The smallest absolute Gasteiger partial charge is 0.255 e. The van der Waals surface area contributed by atoms with E-state index >= 15 is 0 Å². The Labute approximate surface area is 131 Å². The Kier molecular flexibility index (Phi) is 5.24. The van der Waals surface area contributed by atoms with Gasteiger partial charge in [0.05, 0.1) is 17.9 Å². The summed E-state index contributed by atoms with van der Waals surface area (Å²) < 4.78 is 5.14. The van der Waals surface area contributed by atoms with Gasteiger partial charge < -0.3 is 20.4 Å². The summed E-state index contributed by atoms with van der Waals surface area (Å²) in [6.45, 7) is 6.93. The Morgan fingerprint density at radius 1 is 1.36 bits per heavy atom. The number of likely N-dealkylation sites (tertiary alicyclic amines) is 1. The number of hydrogen-bond acceptors (Lipinski definition) is 4. The third-order valence-corrected chi connectivity index (χ3v) is 4.25. The van der Waals surface area contributed by atoms with Crippen LogP contribution in [0.1, 0.15) is 42.8 Å². The van der Waals surface area contributed by atoms with Crippen LogP contribution in [0.2, 0.25) is 0 Å². The number of carbonyl (C=O) groups is 2. The highest BCUT2D eigenvalue weighted by molar-refractivity contribution is 5.95. The van der Waals surface area contributed by atoms with Gasteiger partial charge in [0.2, 0.25) is 5.91 Å². The van der Waals surface area contributed by atoms with Crippen LogP contribution < -0.4 is 11.1 Å². The summed E-state index contributed by atoms with van der Waals surface area (Å²) in [5.41, 5.74) is 6.49. The Morgan fingerprint density at radius 2 is 2.00 bits per heavy atom. The molecule has 0 saturated carbocycles. The minimum absolute atomic E-state index is 0.00505. The van der Waals surface area contributed by atoms with Gasteiger partial charge in [0, 0.05) is 19.1 Å². The first-order valence-electron chi connectivity index (χ1n) is 7.79. The van der Waals surface area contributed by atoms with E-state index in [1.54, 1.807) is 17.9 Å². The standard InChI is InChI=1S/C16H25N3O3/c1-10(2)14(17)16(21)19-7-4-12(5-8-19)18-15(20)13-6-9-22-11(13)3/h6,9-10,12,14H,4-5,7-8,17H2,1-3H3,(H,18,20)/t14-/m0/s1. The SMILES string of the molecule is Cc1occc1C(=O)NC1CCN(C(=O)[C@@H](N)C(C)C)CC1. The highest BCUT2D eigenvalue weighted by Crippen LogP contribution is 2.15. The van der Waals surface area contributed by atoms with E-state index in [-0.39, 0.29) is 23.8 Å². The maximum Gasteiger partial charge on any atom is 0.255 e. The number of nitrogens with zero attached hydrogens (tertiary/aromatic N) is 1. The third-order valence-electron chi connectivity index (χ3n) is 4.25. The molecular weight excluding hydrogens is 282 g/mol. The fourth-order valence-electron chi connectivity index (χ4n) is 2.62. The molecular formula is C16H25N3O3. The molecule has 0 aromatic carbocycles. The average molecular weight is 307 g/mol.